The van der Waals surface area contributed by atoms with Crippen molar-refractivity contribution in [1.29, 1.82) is 0 Å². The summed E-state index contributed by atoms with van der Waals surface area (Å²) in [4.78, 5) is 0. The van der Waals surface area contributed by atoms with E-state index in [1.54, 1.807) is 0 Å². The van der Waals surface area contributed by atoms with Gasteiger partial charge in [-0.2, -0.15) is 0 Å². The Hall–Kier alpha value is -0.260. The molecule has 2 rings (SSSR count). The predicted molar refractivity (Wildman–Crippen MR) is 71.6 cm³/mol. The lowest BCUT2D eigenvalue weighted by atomic mass is 9.79. The minimum Gasteiger partial charge on any atom is -0.374 e. The number of nitrogens with one attached hydrogen (secondary N) is 2. The van der Waals surface area contributed by atoms with Crippen LogP contribution in [0.2, 0.25) is 0 Å². The number of hydrogen-bond donors (Lipinski definition) is 2. The van der Waals surface area contributed by atoms with Crippen LogP contribution in [-0.4, -0.2) is 44.8 Å². The second-order valence-corrected chi connectivity index (χ2v) is 5.68. The molecule has 112 valence electrons. The van der Waals surface area contributed by atoms with Crippen molar-refractivity contribution in [2.75, 3.05) is 26.3 Å². The molecule has 1 saturated carbocycles. The molecule has 3 atom stereocenters. The quantitative estimate of drug-likeness (QED) is 0.699. The molecule has 0 radical (unpaired) electrons. The van der Waals surface area contributed by atoms with Gasteiger partial charge in [-0.25, -0.2) is 8.78 Å². The van der Waals surface area contributed by atoms with Gasteiger partial charge in [0.25, 0.3) is 6.43 Å². The first-order valence-electron chi connectivity index (χ1n) is 7.60. The van der Waals surface area contributed by atoms with E-state index in [1.807, 2.05) is 0 Å². The van der Waals surface area contributed by atoms with Gasteiger partial charge in [0, 0.05) is 18.6 Å². The van der Waals surface area contributed by atoms with Gasteiger partial charge in [0.2, 0.25) is 0 Å². The lowest BCUT2D eigenvalue weighted by molar-refractivity contribution is 0.0171. The molecule has 3 nitrogen and oxygen atoms in total. The maximum Gasteiger partial charge on any atom is 0.261 e. The summed E-state index contributed by atoms with van der Waals surface area (Å²) in [5, 5.41) is 7.11. The first-order valence-corrected chi connectivity index (χ1v) is 7.60. The van der Waals surface area contributed by atoms with Crippen molar-refractivity contribution >= 4 is 0 Å². The third-order valence-corrected chi connectivity index (χ3v) is 4.33. The topological polar surface area (TPSA) is 33.3 Å². The van der Waals surface area contributed by atoms with Crippen LogP contribution in [0.5, 0.6) is 0 Å². The Labute approximate surface area is 114 Å². The number of halogens is 2. The van der Waals surface area contributed by atoms with Crippen LogP contribution in [0.25, 0.3) is 0 Å². The van der Waals surface area contributed by atoms with Crippen molar-refractivity contribution in [2.24, 2.45) is 5.92 Å². The predicted octanol–water partition coefficient (Wildman–Crippen LogP) is 2.17. The fourth-order valence-electron chi connectivity index (χ4n) is 3.46. The van der Waals surface area contributed by atoms with Crippen LogP contribution in [0.3, 0.4) is 0 Å². The van der Waals surface area contributed by atoms with Gasteiger partial charge in [-0.05, 0) is 38.1 Å². The van der Waals surface area contributed by atoms with Crippen molar-refractivity contribution in [3.05, 3.63) is 0 Å². The third-order valence-electron chi connectivity index (χ3n) is 4.33. The molecule has 1 aliphatic carbocycles. The summed E-state index contributed by atoms with van der Waals surface area (Å²) in [5.41, 5.74) is 0. The Morgan fingerprint density at radius 1 is 1.16 bits per heavy atom. The highest BCUT2D eigenvalue weighted by molar-refractivity contribution is 4.91. The third kappa shape index (κ3) is 4.97. The van der Waals surface area contributed by atoms with Gasteiger partial charge < -0.3 is 15.4 Å². The Bertz CT molecular complexity index is 248. The lowest BCUT2D eigenvalue weighted by Crippen LogP contribution is -2.47. The van der Waals surface area contributed by atoms with Crippen LogP contribution in [0.1, 0.15) is 38.5 Å². The Balaban J connectivity index is 1.67. The number of alkyl halides is 2. The molecule has 0 aromatic rings. The molecule has 1 saturated heterocycles. The van der Waals surface area contributed by atoms with Crippen LogP contribution < -0.4 is 10.6 Å². The van der Waals surface area contributed by atoms with E-state index in [-0.39, 0.29) is 0 Å². The first kappa shape index (κ1) is 15.1. The smallest absolute Gasteiger partial charge is 0.261 e. The van der Waals surface area contributed by atoms with E-state index in [0.717, 1.165) is 6.54 Å². The second kappa shape index (κ2) is 8.12. The molecule has 2 aliphatic rings. The molecule has 5 heteroatoms. The van der Waals surface area contributed by atoms with Gasteiger partial charge in [-0.3, -0.25) is 0 Å². The van der Waals surface area contributed by atoms with E-state index < -0.39 is 13.0 Å². The lowest BCUT2D eigenvalue weighted by Gasteiger charge is -2.36. The van der Waals surface area contributed by atoms with E-state index in [9.17, 15) is 8.78 Å². The Kier molecular flexibility index (Phi) is 6.47. The highest BCUT2D eigenvalue weighted by Gasteiger charge is 2.32. The minimum atomic E-state index is -2.36. The molecule has 0 aromatic heterocycles. The summed E-state index contributed by atoms with van der Waals surface area (Å²) >= 11 is 0. The standard InChI is InChI=1S/C14H26F2N2O/c15-14(16)10-19-9-8-18-12-5-2-1-4-11(12)13-6-3-7-17-13/h11-14,17-18H,1-10H2. The Morgan fingerprint density at radius 2 is 2.00 bits per heavy atom. The van der Waals surface area contributed by atoms with E-state index in [0.29, 0.717) is 31.2 Å². The van der Waals surface area contributed by atoms with Gasteiger partial charge in [-0.15, -0.1) is 0 Å². The van der Waals surface area contributed by atoms with Crippen molar-refractivity contribution < 1.29 is 13.5 Å². The molecule has 1 heterocycles. The fourth-order valence-corrected chi connectivity index (χ4v) is 3.46. The summed E-state index contributed by atoms with van der Waals surface area (Å²) in [7, 11) is 0. The summed E-state index contributed by atoms with van der Waals surface area (Å²) in [6.45, 7) is 1.76. The van der Waals surface area contributed by atoms with Crippen molar-refractivity contribution in [3.63, 3.8) is 0 Å². The normalized spacial score (nSPS) is 32.1. The molecule has 0 bridgehead atoms. The summed E-state index contributed by atoms with van der Waals surface area (Å²) < 4.78 is 28.8. The van der Waals surface area contributed by atoms with Crippen LogP contribution in [0.15, 0.2) is 0 Å². The second-order valence-electron chi connectivity index (χ2n) is 5.68. The first-order chi connectivity index (χ1) is 9.27. The highest BCUT2D eigenvalue weighted by Crippen LogP contribution is 2.30. The molecule has 3 unspecified atom stereocenters. The SMILES string of the molecule is FC(F)COCCNC1CCCCC1C1CCCN1. The average Bonchev–Trinajstić information content (AvgIpc) is 2.92. The Morgan fingerprint density at radius 3 is 2.74 bits per heavy atom. The molecule has 2 fully saturated rings. The van der Waals surface area contributed by atoms with Crippen molar-refractivity contribution in [3.8, 4) is 0 Å². The maximum absolute atomic E-state index is 11.9. The zero-order chi connectivity index (χ0) is 13.5. The van der Waals surface area contributed by atoms with E-state index >= 15 is 0 Å². The molecule has 19 heavy (non-hydrogen) atoms. The van der Waals surface area contributed by atoms with E-state index in [1.165, 1.54) is 38.5 Å². The fraction of sp³-hybridized carbons (Fsp3) is 1.00. The van der Waals surface area contributed by atoms with Crippen molar-refractivity contribution in [1.82, 2.24) is 10.6 Å². The summed E-state index contributed by atoms with van der Waals surface area (Å²) in [5.74, 6) is 0.700. The van der Waals surface area contributed by atoms with Gasteiger partial charge in [-0.1, -0.05) is 12.8 Å². The molecule has 2 N–H and O–H groups in total. The van der Waals surface area contributed by atoms with Crippen LogP contribution in [-0.2, 0) is 4.74 Å². The van der Waals surface area contributed by atoms with Gasteiger partial charge in [0.05, 0.1) is 6.61 Å². The number of rotatable bonds is 7. The van der Waals surface area contributed by atoms with Crippen LogP contribution >= 0.6 is 0 Å². The summed E-state index contributed by atoms with van der Waals surface area (Å²) in [6, 6.07) is 1.18. The molecule has 1 aliphatic heterocycles. The largest absolute Gasteiger partial charge is 0.374 e. The van der Waals surface area contributed by atoms with Crippen molar-refractivity contribution in [2.45, 2.75) is 57.0 Å². The van der Waals surface area contributed by atoms with Crippen LogP contribution in [0, 0.1) is 5.92 Å². The molecule has 0 amide bonds. The van der Waals surface area contributed by atoms with Gasteiger partial charge in [0.1, 0.15) is 6.61 Å². The van der Waals surface area contributed by atoms with Crippen LogP contribution in [0.4, 0.5) is 8.78 Å². The molecule has 0 spiro atoms. The zero-order valence-electron chi connectivity index (χ0n) is 11.5. The van der Waals surface area contributed by atoms with E-state index in [2.05, 4.69) is 10.6 Å². The van der Waals surface area contributed by atoms with Gasteiger partial charge in [0.15, 0.2) is 0 Å². The van der Waals surface area contributed by atoms with E-state index in [4.69, 9.17) is 4.74 Å². The molecular weight excluding hydrogens is 250 g/mol. The maximum atomic E-state index is 11.9. The summed E-state index contributed by atoms with van der Waals surface area (Å²) in [6.07, 6.45) is 5.30. The number of hydrogen-bond acceptors (Lipinski definition) is 3. The highest BCUT2D eigenvalue weighted by atomic mass is 19.3. The monoisotopic (exact) mass is 276 g/mol. The average molecular weight is 276 g/mol. The number of ether oxygens (including phenoxy) is 1. The van der Waals surface area contributed by atoms with Gasteiger partial charge >= 0.3 is 0 Å². The molecule has 0 aromatic carbocycles. The zero-order valence-corrected chi connectivity index (χ0v) is 11.5. The molecular formula is C14H26F2N2O. The minimum absolute atomic E-state index is 0.381.